The van der Waals surface area contributed by atoms with Gasteiger partial charge in [-0.3, -0.25) is 0 Å². The fraction of sp³-hybridized carbons (Fsp3) is 0.200. The van der Waals surface area contributed by atoms with Gasteiger partial charge in [0.25, 0.3) is 0 Å². The lowest BCUT2D eigenvalue weighted by atomic mass is 10.1. The van der Waals surface area contributed by atoms with Crippen LogP contribution in [0.4, 0.5) is 0 Å². The van der Waals surface area contributed by atoms with Crippen LogP contribution in [0.25, 0.3) is 11.0 Å². The number of benzene rings is 1. The van der Waals surface area contributed by atoms with E-state index in [0.29, 0.717) is 11.0 Å². The lowest BCUT2D eigenvalue weighted by Crippen LogP contribution is -1.83. The Hall–Kier alpha value is -1.64. The van der Waals surface area contributed by atoms with Crippen LogP contribution in [0.15, 0.2) is 22.8 Å². The number of ether oxygens (including phenoxy) is 1. The van der Waals surface area contributed by atoms with E-state index in [4.69, 9.17) is 9.15 Å². The molecule has 0 fully saturated rings. The molecular weight excluding hydrogens is 168 g/mol. The van der Waals surface area contributed by atoms with E-state index in [1.165, 1.54) is 6.26 Å². The van der Waals surface area contributed by atoms with Crippen LogP contribution >= 0.6 is 0 Å². The molecule has 0 spiro atoms. The second-order valence-corrected chi connectivity index (χ2v) is 2.94. The molecule has 0 saturated carbocycles. The van der Waals surface area contributed by atoms with E-state index in [1.807, 2.05) is 13.0 Å². The van der Waals surface area contributed by atoms with E-state index in [1.54, 1.807) is 13.2 Å². The van der Waals surface area contributed by atoms with E-state index < -0.39 is 0 Å². The average molecular weight is 178 g/mol. The lowest BCUT2D eigenvalue weighted by Gasteiger charge is -2.01. The molecule has 0 saturated heterocycles. The summed E-state index contributed by atoms with van der Waals surface area (Å²) in [5, 5.41) is 10.1. The van der Waals surface area contributed by atoms with Gasteiger partial charge in [0.2, 0.25) is 0 Å². The third-order valence-electron chi connectivity index (χ3n) is 2.05. The predicted octanol–water partition coefficient (Wildman–Crippen LogP) is 2.46. The highest BCUT2D eigenvalue weighted by Crippen LogP contribution is 2.32. The van der Waals surface area contributed by atoms with Crippen LogP contribution in [-0.2, 0) is 0 Å². The van der Waals surface area contributed by atoms with Crippen molar-refractivity contribution >= 4 is 11.0 Å². The SMILES string of the molecule is COc1cc(C)c2occ(O)c2c1. The minimum Gasteiger partial charge on any atom is -0.504 e. The molecule has 1 aromatic carbocycles. The van der Waals surface area contributed by atoms with Gasteiger partial charge in [-0.1, -0.05) is 0 Å². The Kier molecular flexibility index (Phi) is 1.65. The largest absolute Gasteiger partial charge is 0.504 e. The second-order valence-electron chi connectivity index (χ2n) is 2.94. The summed E-state index contributed by atoms with van der Waals surface area (Å²) in [5.74, 6) is 0.874. The van der Waals surface area contributed by atoms with Crippen LogP contribution in [0.5, 0.6) is 11.5 Å². The quantitative estimate of drug-likeness (QED) is 0.729. The molecule has 0 aliphatic rings. The average Bonchev–Trinajstić information content (AvgIpc) is 2.48. The zero-order valence-corrected chi connectivity index (χ0v) is 7.50. The maximum absolute atomic E-state index is 9.41. The molecule has 0 amide bonds. The predicted molar refractivity (Wildman–Crippen MR) is 49.2 cm³/mol. The van der Waals surface area contributed by atoms with E-state index in [0.717, 1.165) is 11.3 Å². The molecule has 1 N–H and O–H groups in total. The van der Waals surface area contributed by atoms with Crippen molar-refractivity contribution in [3.8, 4) is 11.5 Å². The first-order valence-corrected chi connectivity index (χ1v) is 3.97. The van der Waals surface area contributed by atoms with Gasteiger partial charge < -0.3 is 14.3 Å². The van der Waals surface area contributed by atoms with E-state index >= 15 is 0 Å². The normalized spacial score (nSPS) is 10.6. The summed E-state index contributed by atoms with van der Waals surface area (Å²) in [4.78, 5) is 0. The standard InChI is InChI=1S/C10H10O3/c1-6-3-7(12-2)4-8-9(11)5-13-10(6)8/h3-5,11H,1-2H3. The molecule has 3 heteroatoms. The number of aromatic hydroxyl groups is 1. The number of rotatable bonds is 1. The number of aryl methyl sites for hydroxylation is 1. The third-order valence-corrected chi connectivity index (χ3v) is 2.05. The number of hydrogen-bond donors (Lipinski definition) is 1. The van der Waals surface area contributed by atoms with Crippen molar-refractivity contribution in [2.45, 2.75) is 6.92 Å². The van der Waals surface area contributed by atoms with Crippen molar-refractivity contribution in [3.63, 3.8) is 0 Å². The molecule has 3 nitrogen and oxygen atoms in total. The summed E-state index contributed by atoms with van der Waals surface area (Å²) in [6, 6.07) is 3.62. The third kappa shape index (κ3) is 1.13. The van der Waals surface area contributed by atoms with Gasteiger partial charge in [-0.05, 0) is 24.6 Å². The van der Waals surface area contributed by atoms with Gasteiger partial charge >= 0.3 is 0 Å². The van der Waals surface area contributed by atoms with Gasteiger partial charge in [-0.2, -0.15) is 0 Å². The molecule has 0 aliphatic carbocycles. The highest BCUT2D eigenvalue weighted by molar-refractivity contribution is 5.87. The number of hydrogen-bond acceptors (Lipinski definition) is 3. The zero-order chi connectivity index (χ0) is 9.42. The van der Waals surface area contributed by atoms with Crippen LogP contribution in [-0.4, -0.2) is 12.2 Å². The Morgan fingerprint density at radius 2 is 2.15 bits per heavy atom. The smallest absolute Gasteiger partial charge is 0.161 e. The molecule has 0 aliphatic heterocycles. The van der Waals surface area contributed by atoms with Crippen molar-refractivity contribution in [1.29, 1.82) is 0 Å². The molecule has 0 unspecified atom stereocenters. The van der Waals surface area contributed by atoms with Crippen LogP contribution < -0.4 is 4.74 Å². The Balaban J connectivity index is 2.80. The first kappa shape index (κ1) is 7.98. The van der Waals surface area contributed by atoms with Crippen LogP contribution in [0.1, 0.15) is 5.56 Å². The molecule has 68 valence electrons. The van der Waals surface area contributed by atoms with Crippen LogP contribution in [0, 0.1) is 6.92 Å². The summed E-state index contributed by atoms with van der Waals surface area (Å²) in [5.41, 5.74) is 1.66. The molecule has 0 radical (unpaired) electrons. The van der Waals surface area contributed by atoms with Crippen molar-refractivity contribution in [1.82, 2.24) is 0 Å². The fourth-order valence-corrected chi connectivity index (χ4v) is 1.38. The molecule has 2 aromatic rings. The van der Waals surface area contributed by atoms with Gasteiger partial charge in [-0.15, -0.1) is 0 Å². The van der Waals surface area contributed by atoms with Gasteiger partial charge in [0.1, 0.15) is 17.6 Å². The molecule has 13 heavy (non-hydrogen) atoms. The van der Waals surface area contributed by atoms with Crippen molar-refractivity contribution in [3.05, 3.63) is 24.0 Å². The van der Waals surface area contributed by atoms with E-state index in [2.05, 4.69) is 0 Å². The Bertz CT molecular complexity index is 443. The van der Waals surface area contributed by atoms with Crippen molar-refractivity contribution in [2.75, 3.05) is 7.11 Å². The maximum Gasteiger partial charge on any atom is 0.161 e. The summed E-state index contributed by atoms with van der Waals surface area (Å²) in [7, 11) is 1.59. The highest BCUT2D eigenvalue weighted by atomic mass is 16.5. The van der Waals surface area contributed by atoms with Crippen molar-refractivity contribution < 1.29 is 14.3 Å². The van der Waals surface area contributed by atoms with E-state index in [-0.39, 0.29) is 5.75 Å². The first-order chi connectivity index (χ1) is 6.22. The summed E-state index contributed by atoms with van der Waals surface area (Å²) in [6.07, 6.45) is 1.33. The molecule has 0 bridgehead atoms. The summed E-state index contributed by atoms with van der Waals surface area (Å²) in [6.45, 7) is 1.91. The zero-order valence-electron chi connectivity index (χ0n) is 7.50. The number of methoxy groups -OCH3 is 1. The Labute approximate surface area is 75.5 Å². The number of fused-ring (bicyclic) bond motifs is 1. The summed E-state index contributed by atoms with van der Waals surface area (Å²) >= 11 is 0. The number of furan rings is 1. The van der Waals surface area contributed by atoms with Gasteiger partial charge in [0.05, 0.1) is 12.5 Å². The molecule has 1 heterocycles. The monoisotopic (exact) mass is 178 g/mol. The second kappa shape index (κ2) is 2.69. The topological polar surface area (TPSA) is 42.6 Å². The van der Waals surface area contributed by atoms with Gasteiger partial charge in [0, 0.05) is 0 Å². The van der Waals surface area contributed by atoms with Crippen LogP contribution in [0.2, 0.25) is 0 Å². The van der Waals surface area contributed by atoms with E-state index in [9.17, 15) is 5.11 Å². The van der Waals surface area contributed by atoms with Gasteiger partial charge in [0.15, 0.2) is 5.75 Å². The molecule has 0 atom stereocenters. The first-order valence-electron chi connectivity index (χ1n) is 3.97. The lowest BCUT2D eigenvalue weighted by molar-refractivity contribution is 0.414. The minimum atomic E-state index is 0.150. The highest BCUT2D eigenvalue weighted by Gasteiger charge is 2.08. The fourth-order valence-electron chi connectivity index (χ4n) is 1.38. The van der Waals surface area contributed by atoms with Gasteiger partial charge in [-0.25, -0.2) is 0 Å². The maximum atomic E-state index is 9.41. The molecule has 2 rings (SSSR count). The molecular formula is C10H10O3. The van der Waals surface area contributed by atoms with Crippen molar-refractivity contribution in [2.24, 2.45) is 0 Å². The molecule has 1 aromatic heterocycles. The summed E-state index contributed by atoms with van der Waals surface area (Å²) < 4.78 is 10.2. The minimum absolute atomic E-state index is 0.150. The Morgan fingerprint density at radius 1 is 1.38 bits per heavy atom. The Morgan fingerprint density at radius 3 is 2.85 bits per heavy atom. The van der Waals surface area contributed by atoms with Crippen LogP contribution in [0.3, 0.4) is 0 Å².